The minimum atomic E-state index is -2.90. The van der Waals surface area contributed by atoms with Crippen molar-refractivity contribution in [1.82, 2.24) is 35.2 Å². The molecule has 0 aliphatic carbocycles. The Hall–Kier alpha value is -4.33. The molecule has 0 unspecified atom stereocenters. The highest BCUT2D eigenvalue weighted by atomic mass is 19.3. The lowest BCUT2D eigenvalue weighted by atomic mass is 9.98. The highest BCUT2D eigenvalue weighted by Gasteiger charge is 2.48. The molecule has 1 saturated heterocycles. The van der Waals surface area contributed by atoms with Crippen LogP contribution in [0.1, 0.15) is 24.5 Å². The fourth-order valence-corrected chi connectivity index (χ4v) is 3.42. The van der Waals surface area contributed by atoms with Crippen LogP contribution in [0.4, 0.5) is 20.7 Å². The van der Waals surface area contributed by atoms with Crippen LogP contribution in [-0.4, -0.2) is 59.8 Å². The van der Waals surface area contributed by atoms with E-state index in [1.165, 1.54) is 17.2 Å². The van der Waals surface area contributed by atoms with Crippen molar-refractivity contribution in [3.05, 3.63) is 48.2 Å². The molecule has 1 aliphatic heterocycles. The molecule has 0 bridgehead atoms. The average Bonchev–Trinajstić information content (AvgIpc) is 3.57. The van der Waals surface area contributed by atoms with E-state index in [4.69, 9.17) is 8.94 Å². The molecule has 14 heteroatoms. The summed E-state index contributed by atoms with van der Waals surface area (Å²) < 4.78 is 35.3. The van der Waals surface area contributed by atoms with E-state index >= 15 is 0 Å². The number of anilines is 2. The molecule has 12 nitrogen and oxygen atoms in total. The monoisotopic (exact) mass is 470 g/mol. The van der Waals surface area contributed by atoms with Gasteiger partial charge in [-0.25, -0.2) is 15.0 Å². The van der Waals surface area contributed by atoms with Crippen LogP contribution in [0.3, 0.4) is 0 Å². The Bertz CT molecular complexity index is 1360. The molecule has 1 atom stereocenters. The Balaban J connectivity index is 1.39. The van der Waals surface area contributed by atoms with Crippen molar-refractivity contribution in [2.24, 2.45) is 0 Å². The van der Waals surface area contributed by atoms with Gasteiger partial charge in [0, 0.05) is 32.3 Å². The summed E-state index contributed by atoms with van der Waals surface area (Å²) in [4.78, 5) is 26.5. The SMILES string of the molecule is CN1CC[C@@](O)(c2cc(-c3cccc(-c4ccnc(Nc5nnc(C(F)F)o5)n4)n3)no2)C1=O. The molecule has 5 rings (SSSR count). The van der Waals surface area contributed by atoms with Gasteiger partial charge < -0.3 is 18.9 Å². The Kier molecular flexibility index (Phi) is 5.20. The summed E-state index contributed by atoms with van der Waals surface area (Å²) in [6.07, 6.45) is -1.26. The number of nitrogens with zero attached hydrogens (tertiary/aromatic N) is 7. The van der Waals surface area contributed by atoms with Crippen LogP contribution < -0.4 is 5.32 Å². The second kappa shape index (κ2) is 8.22. The minimum Gasteiger partial charge on any atom is -0.402 e. The number of carbonyl (C=O) groups is 1. The first-order valence-electron chi connectivity index (χ1n) is 9.98. The number of rotatable bonds is 6. The van der Waals surface area contributed by atoms with Gasteiger partial charge in [-0.15, -0.1) is 5.10 Å². The smallest absolute Gasteiger partial charge is 0.322 e. The van der Waals surface area contributed by atoms with Crippen molar-refractivity contribution in [2.75, 3.05) is 18.9 Å². The number of alkyl halides is 2. The number of carbonyl (C=O) groups excluding carboxylic acids is 1. The number of likely N-dealkylation sites (N-methyl/N-ethyl adjacent to an activating group) is 1. The van der Waals surface area contributed by atoms with Gasteiger partial charge >= 0.3 is 12.4 Å². The van der Waals surface area contributed by atoms with Gasteiger partial charge in [-0.3, -0.25) is 10.1 Å². The fraction of sp³-hybridized carbons (Fsp3) is 0.250. The summed E-state index contributed by atoms with van der Waals surface area (Å²) in [6, 6.07) is 7.89. The molecule has 0 radical (unpaired) electrons. The van der Waals surface area contributed by atoms with Crippen molar-refractivity contribution in [3.63, 3.8) is 0 Å². The molecule has 2 N–H and O–H groups in total. The maximum absolute atomic E-state index is 12.6. The van der Waals surface area contributed by atoms with Gasteiger partial charge in [0.25, 0.3) is 11.8 Å². The molecule has 1 aliphatic rings. The predicted octanol–water partition coefficient (Wildman–Crippen LogP) is 2.31. The number of aliphatic hydroxyl groups is 1. The van der Waals surface area contributed by atoms with Crippen molar-refractivity contribution in [2.45, 2.75) is 18.4 Å². The number of nitrogens with one attached hydrogen (secondary N) is 1. The zero-order valence-electron chi connectivity index (χ0n) is 17.5. The van der Waals surface area contributed by atoms with Gasteiger partial charge in [0.1, 0.15) is 5.69 Å². The van der Waals surface area contributed by atoms with E-state index in [2.05, 4.69) is 35.6 Å². The summed E-state index contributed by atoms with van der Waals surface area (Å²) in [5, 5.41) is 24.0. The first kappa shape index (κ1) is 21.5. The standard InChI is InChI=1S/C20H16F2N8O4/c1-30-8-6-20(32,17(30)31)14-9-13(29-34-14)11-4-2-3-10(24-11)12-5-7-23-18(25-12)26-19-28-27-16(33-19)15(21)22/h2-5,7,9,15,32H,6,8H2,1H3,(H,23,25,26,28)/t20-/m1/s1. The molecule has 1 fully saturated rings. The number of pyridine rings is 1. The molecule has 5 heterocycles. The third-order valence-corrected chi connectivity index (χ3v) is 5.20. The van der Waals surface area contributed by atoms with Crippen LogP contribution in [0.5, 0.6) is 0 Å². The Morgan fingerprint density at radius 1 is 1.15 bits per heavy atom. The number of likely N-dealkylation sites (tertiary alicyclic amines) is 1. The molecule has 0 spiro atoms. The molecule has 0 saturated carbocycles. The van der Waals surface area contributed by atoms with E-state index in [0.717, 1.165) is 0 Å². The molecular weight excluding hydrogens is 454 g/mol. The van der Waals surface area contributed by atoms with Gasteiger partial charge in [0.05, 0.1) is 17.1 Å². The number of hydrogen-bond donors (Lipinski definition) is 2. The minimum absolute atomic E-state index is 0.0315. The first-order chi connectivity index (χ1) is 16.3. The zero-order chi connectivity index (χ0) is 23.9. The lowest BCUT2D eigenvalue weighted by molar-refractivity contribution is -0.144. The number of halogens is 2. The highest BCUT2D eigenvalue weighted by Crippen LogP contribution is 2.34. The van der Waals surface area contributed by atoms with Crippen molar-refractivity contribution >= 4 is 17.9 Å². The van der Waals surface area contributed by atoms with Crippen LogP contribution in [0, 0.1) is 0 Å². The summed E-state index contributed by atoms with van der Waals surface area (Å²) in [5.74, 6) is -1.21. The Labute approximate surface area is 189 Å². The van der Waals surface area contributed by atoms with E-state index in [-0.39, 0.29) is 24.1 Å². The predicted molar refractivity (Wildman–Crippen MR) is 109 cm³/mol. The average molecular weight is 470 g/mol. The summed E-state index contributed by atoms with van der Waals surface area (Å²) in [6.45, 7) is 0.399. The van der Waals surface area contributed by atoms with Gasteiger partial charge in [-0.05, 0) is 18.2 Å². The second-order valence-corrected chi connectivity index (χ2v) is 7.46. The van der Waals surface area contributed by atoms with E-state index < -0.39 is 23.8 Å². The van der Waals surface area contributed by atoms with Gasteiger partial charge in [-0.1, -0.05) is 16.3 Å². The molecule has 34 heavy (non-hydrogen) atoms. The van der Waals surface area contributed by atoms with E-state index in [1.807, 2.05) is 0 Å². The number of amides is 1. The van der Waals surface area contributed by atoms with Gasteiger partial charge in [0.15, 0.2) is 5.76 Å². The fourth-order valence-electron chi connectivity index (χ4n) is 3.42. The largest absolute Gasteiger partial charge is 0.402 e. The summed E-state index contributed by atoms with van der Waals surface area (Å²) in [5.41, 5.74) is -0.166. The van der Waals surface area contributed by atoms with Gasteiger partial charge in [-0.2, -0.15) is 8.78 Å². The molecular formula is C20H16F2N8O4. The quantitative estimate of drug-likeness (QED) is 0.426. The highest BCUT2D eigenvalue weighted by molar-refractivity contribution is 5.87. The normalized spacial score (nSPS) is 18.1. The van der Waals surface area contributed by atoms with Crippen molar-refractivity contribution < 1.29 is 27.6 Å². The number of hydrogen-bond acceptors (Lipinski definition) is 11. The van der Waals surface area contributed by atoms with Crippen LogP contribution in [-0.2, 0) is 10.4 Å². The Morgan fingerprint density at radius 3 is 2.62 bits per heavy atom. The van der Waals surface area contributed by atoms with Crippen LogP contribution in [0.15, 0.2) is 45.5 Å². The maximum Gasteiger partial charge on any atom is 0.322 e. The maximum atomic E-state index is 12.6. The van der Waals surface area contributed by atoms with Crippen molar-refractivity contribution in [1.29, 1.82) is 0 Å². The molecule has 1 amide bonds. The van der Waals surface area contributed by atoms with Crippen molar-refractivity contribution in [3.8, 4) is 22.8 Å². The first-order valence-corrected chi connectivity index (χ1v) is 9.98. The van der Waals surface area contributed by atoms with E-state index in [1.54, 1.807) is 31.3 Å². The zero-order valence-corrected chi connectivity index (χ0v) is 17.5. The summed E-state index contributed by atoms with van der Waals surface area (Å²) >= 11 is 0. The lowest BCUT2D eigenvalue weighted by Crippen LogP contribution is -2.35. The van der Waals surface area contributed by atoms with E-state index in [9.17, 15) is 18.7 Å². The summed E-state index contributed by atoms with van der Waals surface area (Å²) in [7, 11) is 1.60. The van der Waals surface area contributed by atoms with E-state index in [0.29, 0.717) is 29.3 Å². The topological polar surface area (TPSA) is 156 Å². The van der Waals surface area contributed by atoms with Gasteiger partial charge in [0.2, 0.25) is 11.5 Å². The lowest BCUT2D eigenvalue weighted by Gasteiger charge is -2.16. The van der Waals surface area contributed by atoms with Crippen LogP contribution in [0.2, 0.25) is 0 Å². The molecule has 174 valence electrons. The molecule has 0 aromatic carbocycles. The van der Waals surface area contributed by atoms with Crippen LogP contribution in [0.25, 0.3) is 22.8 Å². The molecule has 4 aromatic rings. The Morgan fingerprint density at radius 2 is 1.91 bits per heavy atom. The van der Waals surface area contributed by atoms with Crippen LogP contribution >= 0.6 is 0 Å². The third kappa shape index (κ3) is 3.83. The number of aromatic nitrogens is 6. The third-order valence-electron chi connectivity index (χ3n) is 5.20. The second-order valence-electron chi connectivity index (χ2n) is 7.46. The molecule has 4 aromatic heterocycles.